The van der Waals surface area contributed by atoms with E-state index in [9.17, 15) is 0 Å². The van der Waals surface area contributed by atoms with Crippen LogP contribution in [0.5, 0.6) is 17.2 Å². The Morgan fingerprint density at radius 3 is 1.44 bits per heavy atom. The van der Waals surface area contributed by atoms with Crippen LogP contribution in [-0.4, -0.2) is 118 Å². The van der Waals surface area contributed by atoms with Crippen LogP contribution in [0.2, 0.25) is 0 Å². The molecule has 11 heterocycles. The number of nitrogens with zero attached hydrogens (tertiary/aromatic N) is 9. The Labute approximate surface area is 482 Å². The number of pyridine rings is 3. The van der Waals surface area contributed by atoms with Crippen LogP contribution in [0.3, 0.4) is 0 Å². The first kappa shape index (κ1) is 50.8. The van der Waals surface area contributed by atoms with Crippen LogP contribution in [-0.2, 0) is 32.7 Å². The van der Waals surface area contributed by atoms with Crippen molar-refractivity contribution in [1.82, 2.24) is 43.6 Å². The summed E-state index contributed by atoms with van der Waals surface area (Å²) in [6.45, 7) is 7.17. The van der Waals surface area contributed by atoms with Gasteiger partial charge in [0.15, 0.2) is 5.65 Å². The van der Waals surface area contributed by atoms with E-state index >= 15 is 0 Å². The lowest BCUT2D eigenvalue weighted by molar-refractivity contribution is -0.00769. The number of ether oxygens (including phenoxy) is 3. The minimum Gasteiger partial charge on any atom is -0.487 e. The molecule has 18 rings (SSSR count). The number of aryl methyl sites for hydroxylation is 1. The van der Waals surface area contributed by atoms with Crippen molar-refractivity contribution in [3.05, 3.63) is 150 Å². The molecule has 6 aliphatic heterocycles. The van der Waals surface area contributed by atoms with Crippen molar-refractivity contribution in [3.63, 3.8) is 0 Å². The zero-order chi connectivity index (χ0) is 54.4. The normalized spacial score (nSPS) is 22.2. The van der Waals surface area contributed by atoms with E-state index in [1.165, 1.54) is 160 Å². The van der Waals surface area contributed by atoms with E-state index in [-0.39, 0.29) is 16.8 Å². The van der Waals surface area contributed by atoms with Gasteiger partial charge in [0.2, 0.25) is 0 Å². The molecule has 8 aromatic rings. The first-order valence-corrected chi connectivity index (χ1v) is 31.3. The van der Waals surface area contributed by atoms with Gasteiger partial charge in [0.25, 0.3) is 0 Å². The average molecular weight is 1090 g/mol. The Bertz CT molecular complexity index is 3730. The quantitative estimate of drug-likeness (QED) is 0.160. The molecule has 420 valence electrons. The summed E-state index contributed by atoms with van der Waals surface area (Å²) in [4.78, 5) is 26.1. The molecule has 0 amide bonds. The van der Waals surface area contributed by atoms with Crippen molar-refractivity contribution < 1.29 is 14.2 Å². The number of hydrogen-bond donors (Lipinski definition) is 0. The summed E-state index contributed by atoms with van der Waals surface area (Å²) in [5.74, 6) is 3.28. The van der Waals surface area contributed by atoms with E-state index in [4.69, 9.17) is 14.2 Å². The van der Waals surface area contributed by atoms with Crippen LogP contribution in [0.15, 0.2) is 122 Å². The predicted octanol–water partition coefficient (Wildman–Crippen LogP) is 12.9. The third-order valence-electron chi connectivity index (χ3n) is 21.2. The molecule has 12 heteroatoms. The number of rotatable bonds is 6. The summed E-state index contributed by atoms with van der Waals surface area (Å²) in [7, 11) is 1.98. The Hall–Kier alpha value is -6.86. The lowest BCUT2D eigenvalue weighted by Gasteiger charge is -2.45. The van der Waals surface area contributed by atoms with Gasteiger partial charge in [-0.05, 0) is 156 Å². The maximum absolute atomic E-state index is 6.53. The molecule has 10 aliphatic rings. The number of fused-ring (bicyclic) bond motifs is 6. The molecule has 82 heavy (non-hydrogen) atoms. The van der Waals surface area contributed by atoms with Gasteiger partial charge >= 0.3 is 0 Å². The van der Waals surface area contributed by atoms with Gasteiger partial charge in [0.05, 0.1) is 12.0 Å². The Kier molecular flexibility index (Phi) is 12.7. The molecule has 4 aliphatic carbocycles. The summed E-state index contributed by atoms with van der Waals surface area (Å²) >= 11 is 0. The molecule has 0 N–H and O–H groups in total. The molecule has 3 saturated carbocycles. The number of likely N-dealkylation sites (tertiary alicyclic amines) is 3. The minimum absolute atomic E-state index is 0.0182. The smallest absolute Gasteiger partial charge is 0.159 e. The third kappa shape index (κ3) is 9.50. The average Bonchev–Trinajstić information content (AvgIpc) is 4.45. The van der Waals surface area contributed by atoms with Crippen molar-refractivity contribution in [2.45, 2.75) is 157 Å². The Balaban J connectivity index is 0.000000101. The molecule has 6 fully saturated rings. The molecular formula is C70H77N9O3. The van der Waals surface area contributed by atoms with Crippen LogP contribution < -0.4 is 14.2 Å². The van der Waals surface area contributed by atoms with Crippen molar-refractivity contribution >= 4 is 22.9 Å². The maximum Gasteiger partial charge on any atom is 0.159 e. The second-order valence-corrected chi connectivity index (χ2v) is 26.1. The number of imidazole rings is 2. The highest BCUT2D eigenvalue weighted by Gasteiger charge is 2.46. The molecule has 0 radical (unpaired) electrons. The summed E-state index contributed by atoms with van der Waals surface area (Å²) in [5, 5.41) is 0. The molecule has 0 unspecified atom stereocenters. The Morgan fingerprint density at radius 2 is 0.939 bits per heavy atom. The molecule has 0 atom stereocenters. The van der Waals surface area contributed by atoms with Gasteiger partial charge in [-0.2, -0.15) is 0 Å². The van der Waals surface area contributed by atoms with Gasteiger partial charge in [-0.3, -0.25) is 4.98 Å². The summed E-state index contributed by atoms with van der Waals surface area (Å²) in [6.07, 6.45) is 39.9. The molecule has 12 nitrogen and oxygen atoms in total. The third-order valence-corrected chi connectivity index (χ3v) is 21.2. The SMILES string of the molecule is C1=Cc2ncc(-c3ccc4c(c3)CC3(CCN(C5CCC5)CC3)O4)cc2C1.Cn1cnc2cc(-c3ccc4c(c3)CC3(CCN(C5CCC5)CC3)O4)cnc21.c1cn2cc(-c3ccc4c(c3)CC3(CCN(C5CCC5)CC3)O4)ccc2n1. The summed E-state index contributed by atoms with van der Waals surface area (Å²) < 4.78 is 23.6. The molecular weight excluding hydrogens is 1010 g/mol. The highest BCUT2D eigenvalue weighted by Crippen LogP contribution is 2.47. The van der Waals surface area contributed by atoms with E-state index < -0.39 is 0 Å². The highest BCUT2D eigenvalue weighted by atomic mass is 16.5. The van der Waals surface area contributed by atoms with Crippen LogP contribution >= 0.6 is 0 Å². The first-order chi connectivity index (χ1) is 40.2. The second kappa shape index (κ2) is 20.5. The van der Waals surface area contributed by atoms with E-state index in [1.807, 2.05) is 42.7 Å². The number of aromatic nitrogens is 6. The molecule has 5 aromatic heterocycles. The van der Waals surface area contributed by atoms with Crippen molar-refractivity contribution in [2.24, 2.45) is 7.05 Å². The number of allylic oxidation sites excluding steroid dienone is 1. The van der Waals surface area contributed by atoms with Gasteiger partial charge in [-0.25, -0.2) is 15.0 Å². The van der Waals surface area contributed by atoms with Crippen molar-refractivity contribution in [3.8, 4) is 50.6 Å². The minimum atomic E-state index is 0.0182. The summed E-state index contributed by atoms with van der Waals surface area (Å²) in [6, 6.07) is 31.3. The largest absolute Gasteiger partial charge is 0.487 e. The van der Waals surface area contributed by atoms with Gasteiger partial charge in [0, 0.05) is 164 Å². The maximum atomic E-state index is 6.53. The van der Waals surface area contributed by atoms with Crippen molar-refractivity contribution in [2.75, 3.05) is 39.3 Å². The monoisotopic (exact) mass is 1090 g/mol. The molecule has 0 bridgehead atoms. The molecule has 3 saturated heterocycles. The van der Waals surface area contributed by atoms with Crippen LogP contribution in [0.25, 0.3) is 56.3 Å². The number of benzene rings is 3. The lowest BCUT2D eigenvalue weighted by atomic mass is 9.83. The van der Waals surface area contributed by atoms with E-state index in [2.05, 4.69) is 136 Å². The van der Waals surface area contributed by atoms with Gasteiger partial charge < -0.3 is 37.9 Å². The second-order valence-electron chi connectivity index (χ2n) is 26.1. The highest BCUT2D eigenvalue weighted by molar-refractivity contribution is 5.79. The van der Waals surface area contributed by atoms with E-state index in [0.29, 0.717) is 0 Å². The fraction of sp³-hybridized carbons (Fsp3) is 0.457. The standard InChI is InChI=1S/C24H26N2O.C23H26N4O.C23H25N3O/c1-3-18-14-20(16-25-22(18)6-1)17-7-8-23-19(13-17)15-24(27-23)9-11-26(12-10-24)21-4-2-5-21;1-26-15-25-20-12-18(14-24-22(20)26)16-5-6-21-17(11-16)13-23(28-21)7-9-27(10-8-23)19-3-2-4-19;1-2-20(3-1)25-11-8-23(9-12-25)15-19-14-17(4-6-21(19)27-23)18-5-7-22-24-10-13-26(22)16-18/h1,6-8,13-14,16,21H,2-5,9-12,15H2;5-6,11-12,14-15,19H,2-4,7-10,13H2,1H3;4-7,10,13-14,16,20H,1-3,8-9,11-12,15H2. The van der Waals surface area contributed by atoms with Gasteiger partial charge in [-0.1, -0.05) is 43.5 Å². The van der Waals surface area contributed by atoms with Gasteiger partial charge in [0.1, 0.15) is 45.2 Å². The summed E-state index contributed by atoms with van der Waals surface area (Å²) in [5.41, 5.74) is 16.8. The van der Waals surface area contributed by atoms with Crippen LogP contribution in [0.1, 0.15) is 124 Å². The zero-order valence-corrected chi connectivity index (χ0v) is 47.8. The number of piperidine rings is 3. The first-order valence-electron chi connectivity index (χ1n) is 31.3. The number of hydrogen-bond acceptors (Lipinski definition) is 10. The van der Waals surface area contributed by atoms with Crippen LogP contribution in [0, 0.1) is 0 Å². The zero-order valence-electron chi connectivity index (χ0n) is 47.8. The predicted molar refractivity (Wildman–Crippen MR) is 324 cm³/mol. The molecule has 3 aromatic carbocycles. The fourth-order valence-corrected chi connectivity index (χ4v) is 15.4. The van der Waals surface area contributed by atoms with E-state index in [1.54, 1.807) is 0 Å². The van der Waals surface area contributed by atoms with Gasteiger partial charge in [-0.15, -0.1) is 0 Å². The lowest BCUT2D eigenvalue weighted by Crippen LogP contribution is -2.52. The van der Waals surface area contributed by atoms with Crippen molar-refractivity contribution in [1.29, 1.82) is 0 Å². The fourth-order valence-electron chi connectivity index (χ4n) is 15.4. The van der Waals surface area contributed by atoms with E-state index in [0.717, 1.165) is 115 Å². The molecule has 3 spiro atoms. The Morgan fingerprint density at radius 1 is 0.476 bits per heavy atom. The topological polar surface area (TPSA) is 98.3 Å². The van der Waals surface area contributed by atoms with Crippen LogP contribution in [0.4, 0.5) is 0 Å².